The number of rotatable bonds is 44. The Bertz CT molecular complexity index is 4750. The highest BCUT2D eigenvalue weighted by Crippen LogP contribution is 2.58. The normalized spacial score (nSPS) is 17.3. The molecule has 0 aromatic heterocycles. The van der Waals surface area contributed by atoms with E-state index in [9.17, 15) is 8.78 Å². The molecule has 122 heavy (non-hydrogen) atoms. The molecule has 6 nitrogen and oxygen atoms in total. The molecule has 0 bridgehead atoms. The van der Waals surface area contributed by atoms with Crippen molar-refractivity contribution in [2.24, 2.45) is 0 Å². The van der Waals surface area contributed by atoms with Crippen LogP contribution in [0, 0.1) is 55.4 Å². The second-order valence-corrected chi connectivity index (χ2v) is 35.7. The van der Waals surface area contributed by atoms with Gasteiger partial charge in [-0.15, -0.1) is 6.58 Å². The summed E-state index contributed by atoms with van der Waals surface area (Å²) < 4.78 is 61.6. The number of halogens is 2. The van der Waals surface area contributed by atoms with E-state index in [0.717, 1.165) is 114 Å². The van der Waals surface area contributed by atoms with Crippen molar-refractivity contribution in [2.75, 3.05) is 52.9 Å². The van der Waals surface area contributed by atoms with Gasteiger partial charge >= 0.3 is 0 Å². The standard InChI is InChI=1S/C33H42.C29H34O2.C27H34O4.C25H28F2/c1-5-7-9-11-13-15-17-23-33(24-18-16-14-12-10-8-6-2)31-25-27(3)19-21-29(31)30-22-20-28(4)26-32(30)33;1-5-7-9-11-13-19-30-29(31-20-14-12-10-8-6-2)27-21-23(3)15-17-25(27)26-18-16-24(4)22-28(26)29;1-19-5-7-21-22-8-6-20(2)14-24(22)27(23(21)13-19,9-11-28-15-25(3)17-30-25)10-12-29-16-26(4)18-31-26;1-4-5-7-14-25(15-8-6-9-24(26)27)22-16-18(2)10-12-20(22)21-13-11-19(3)17-23(21)25/h5-10,19-22,25-26H,1-2,11-18,23-24H2,3-4H3;5-10,15-18,21-22H,1-2,11-14,19-20H2,3-4H3;5-8,13-14H,9-12,15-18H2,1-4H3;4,9-13,16-17H,1,5-8,14-15H2,2-3H3/b2*9-7+,10-8+;;. The third-order valence-corrected chi connectivity index (χ3v) is 25.6. The van der Waals surface area contributed by atoms with Gasteiger partial charge in [0.15, 0.2) is 0 Å². The number of hydrogen-bond donors (Lipinski definition) is 0. The first-order valence-corrected chi connectivity index (χ1v) is 45.4. The van der Waals surface area contributed by atoms with Crippen LogP contribution in [0.4, 0.5) is 8.78 Å². The van der Waals surface area contributed by atoms with Gasteiger partial charge in [-0.25, -0.2) is 0 Å². The Balaban J connectivity index is 0.000000159. The lowest BCUT2D eigenvalue weighted by atomic mass is 9.70. The monoisotopic (exact) mass is 1640 g/mol. The van der Waals surface area contributed by atoms with Crippen molar-refractivity contribution < 1.29 is 37.2 Å². The largest absolute Gasteiger partial charge is 0.378 e. The summed E-state index contributed by atoms with van der Waals surface area (Å²) in [5.74, 6) is -0.854. The van der Waals surface area contributed by atoms with Gasteiger partial charge in [-0.1, -0.05) is 309 Å². The summed E-state index contributed by atoms with van der Waals surface area (Å²) in [6.45, 7) is 46.1. The minimum Gasteiger partial charge on any atom is -0.378 e. The van der Waals surface area contributed by atoms with Gasteiger partial charge < -0.3 is 28.4 Å². The van der Waals surface area contributed by atoms with E-state index in [2.05, 4.69) is 284 Å². The number of epoxide rings is 2. The predicted molar refractivity (Wildman–Crippen MR) is 510 cm³/mol. The zero-order chi connectivity index (χ0) is 86.8. The van der Waals surface area contributed by atoms with Crippen molar-refractivity contribution in [1.82, 2.24) is 0 Å². The Morgan fingerprint density at radius 1 is 0.320 bits per heavy atom. The van der Waals surface area contributed by atoms with E-state index < -0.39 is 11.9 Å². The average Bonchev–Trinajstić information content (AvgIpc) is 1.59. The molecule has 644 valence electrons. The lowest BCUT2D eigenvalue weighted by Gasteiger charge is -2.33. The molecule has 0 N–H and O–H groups in total. The minimum absolute atomic E-state index is 0.0748. The van der Waals surface area contributed by atoms with Gasteiger partial charge in [0.25, 0.3) is 6.08 Å². The van der Waals surface area contributed by atoms with Crippen LogP contribution in [0.3, 0.4) is 0 Å². The van der Waals surface area contributed by atoms with E-state index in [1.54, 1.807) is 23.3 Å². The first kappa shape index (κ1) is 93.5. The van der Waals surface area contributed by atoms with E-state index in [0.29, 0.717) is 46.1 Å². The summed E-state index contributed by atoms with van der Waals surface area (Å²) in [6, 6.07) is 54.7. The molecule has 4 aliphatic carbocycles. The van der Waals surface area contributed by atoms with Crippen LogP contribution < -0.4 is 0 Å². The van der Waals surface area contributed by atoms with Crippen molar-refractivity contribution in [3.63, 3.8) is 0 Å². The third kappa shape index (κ3) is 23.4. The summed E-state index contributed by atoms with van der Waals surface area (Å²) >= 11 is 0. The molecular formula is C114H138F2O6. The van der Waals surface area contributed by atoms with E-state index in [4.69, 9.17) is 28.4 Å². The summed E-state index contributed by atoms with van der Waals surface area (Å²) in [6.07, 6.45) is 48.9. The molecule has 2 saturated heterocycles. The van der Waals surface area contributed by atoms with Crippen LogP contribution in [0.2, 0.25) is 0 Å². The van der Waals surface area contributed by atoms with Gasteiger partial charge in [-0.05, 0) is 281 Å². The van der Waals surface area contributed by atoms with Gasteiger partial charge in [-0.3, -0.25) is 0 Å². The van der Waals surface area contributed by atoms with Crippen molar-refractivity contribution in [2.45, 2.75) is 244 Å². The fraction of sp³-hybridized carbons (Fsp3) is 0.404. The van der Waals surface area contributed by atoms with Gasteiger partial charge in [0.05, 0.1) is 39.6 Å². The van der Waals surface area contributed by atoms with Crippen LogP contribution in [0.25, 0.3) is 44.5 Å². The molecular weight excluding hydrogens is 1500 g/mol. The fourth-order valence-electron chi connectivity index (χ4n) is 19.0. The summed E-state index contributed by atoms with van der Waals surface area (Å²) in [5, 5.41) is 0. The first-order chi connectivity index (χ1) is 59.0. The molecule has 8 aromatic carbocycles. The van der Waals surface area contributed by atoms with E-state index >= 15 is 0 Å². The first-order valence-electron chi connectivity index (χ1n) is 45.4. The number of unbranched alkanes of at least 4 members (excludes halogenated alkanes) is 10. The van der Waals surface area contributed by atoms with Crippen LogP contribution in [-0.4, -0.2) is 64.1 Å². The molecule has 8 aromatic rings. The molecule has 0 saturated carbocycles. The zero-order valence-electron chi connectivity index (χ0n) is 75.4. The Morgan fingerprint density at radius 3 is 0.861 bits per heavy atom. The van der Waals surface area contributed by atoms with Crippen LogP contribution >= 0.6 is 0 Å². The van der Waals surface area contributed by atoms with Crippen LogP contribution in [0.1, 0.15) is 244 Å². The van der Waals surface area contributed by atoms with Gasteiger partial charge in [0.1, 0.15) is 11.2 Å². The van der Waals surface area contributed by atoms with Gasteiger partial charge in [0, 0.05) is 40.6 Å². The Hall–Kier alpha value is -9.22. The van der Waals surface area contributed by atoms with E-state index in [-0.39, 0.29) is 27.4 Å². The molecule has 2 unspecified atom stereocenters. The van der Waals surface area contributed by atoms with Crippen molar-refractivity contribution >= 4 is 0 Å². The Morgan fingerprint density at radius 2 is 0.582 bits per heavy atom. The van der Waals surface area contributed by atoms with Gasteiger partial charge in [0.2, 0.25) is 5.79 Å². The Kier molecular flexibility index (Phi) is 34.0. The molecule has 0 spiro atoms. The van der Waals surface area contributed by atoms with E-state index in [1.807, 2.05) is 30.4 Å². The van der Waals surface area contributed by atoms with Crippen molar-refractivity contribution in [3.8, 4) is 44.5 Å². The lowest BCUT2D eigenvalue weighted by molar-refractivity contribution is -0.216. The number of ether oxygens (including phenoxy) is 6. The number of benzene rings is 8. The molecule has 2 atom stereocenters. The second kappa shape index (κ2) is 44.4. The maximum absolute atomic E-state index is 12.5. The zero-order valence-corrected chi connectivity index (χ0v) is 75.4. The number of aryl methyl sites for hydroxylation is 8. The van der Waals surface area contributed by atoms with Crippen LogP contribution in [-0.2, 0) is 50.5 Å². The predicted octanol–water partition coefficient (Wildman–Crippen LogP) is 30.4. The highest BCUT2D eigenvalue weighted by atomic mass is 19.3. The van der Waals surface area contributed by atoms with E-state index in [1.165, 1.54) is 163 Å². The lowest BCUT2D eigenvalue weighted by Crippen LogP contribution is -2.33. The summed E-state index contributed by atoms with van der Waals surface area (Å²) in [4.78, 5) is 0. The average molecular weight is 1640 g/mol. The van der Waals surface area contributed by atoms with Gasteiger partial charge in [-0.2, -0.15) is 8.78 Å². The number of hydrogen-bond acceptors (Lipinski definition) is 6. The maximum atomic E-state index is 12.5. The third-order valence-electron chi connectivity index (χ3n) is 25.6. The number of fused-ring (bicyclic) bond motifs is 12. The fourth-order valence-corrected chi connectivity index (χ4v) is 19.0. The summed E-state index contributed by atoms with van der Waals surface area (Å²) in [5.41, 5.74) is 31.8. The summed E-state index contributed by atoms with van der Waals surface area (Å²) in [7, 11) is 0. The van der Waals surface area contributed by atoms with Crippen molar-refractivity contribution in [3.05, 3.63) is 359 Å². The SMILES string of the molecule is C=C/C=C/CCCCCC1(CCCCC/C=C/C=C)c2cc(C)ccc2-c2ccc(C)cc21.C=C/C=C/CCCOC1(OCCC/C=C/C=C)c2cc(C)ccc2-c2ccc(C)cc21.C=CCCCC1(CCCC=C(F)F)c2cc(C)ccc2-c2ccc(C)cc21.Cc1ccc2c(c1)C(CCOCC1(C)CO1)(CCOCC1(C)CO1)c1cc(C)ccc1-2. The molecule has 2 fully saturated rings. The highest BCUT2D eigenvalue weighted by molar-refractivity contribution is 5.85. The molecule has 0 amide bonds. The minimum atomic E-state index is -1.57. The highest BCUT2D eigenvalue weighted by Gasteiger charge is 2.49. The molecule has 6 aliphatic rings. The molecule has 8 heteroatoms. The van der Waals surface area contributed by atoms with Crippen LogP contribution in [0.15, 0.2) is 270 Å². The quantitative estimate of drug-likeness (QED) is 0.0125. The topological polar surface area (TPSA) is 62.0 Å². The van der Waals surface area contributed by atoms with Crippen molar-refractivity contribution in [1.29, 1.82) is 0 Å². The molecule has 2 aliphatic heterocycles. The smallest absolute Gasteiger partial charge is 0.266 e. The Labute approximate surface area is 732 Å². The molecule has 0 radical (unpaired) electrons. The molecule has 14 rings (SSSR count). The molecule has 2 heterocycles. The number of allylic oxidation sites excluding steroid dienone is 14. The maximum Gasteiger partial charge on any atom is 0.266 e. The van der Waals surface area contributed by atoms with Crippen LogP contribution in [0.5, 0.6) is 0 Å². The second-order valence-electron chi connectivity index (χ2n) is 35.7.